The third-order valence-corrected chi connectivity index (χ3v) is 3.76. The van der Waals surface area contributed by atoms with E-state index in [2.05, 4.69) is 10.4 Å². The van der Waals surface area contributed by atoms with Crippen LogP contribution in [-0.4, -0.2) is 21.8 Å². The second-order valence-electron chi connectivity index (χ2n) is 6.13. The SMILES string of the molecule is Cc1nn(C)c(=O)c(C(=O)NCc2ccc(OC(C)C)c(F)c2)c1C. The van der Waals surface area contributed by atoms with Crippen LogP contribution in [0.25, 0.3) is 0 Å². The minimum absolute atomic E-state index is 0.0511. The van der Waals surface area contributed by atoms with E-state index in [0.29, 0.717) is 16.8 Å². The molecule has 6 nitrogen and oxygen atoms in total. The number of nitrogens with one attached hydrogen (secondary N) is 1. The van der Waals surface area contributed by atoms with Crippen LogP contribution in [0.4, 0.5) is 4.39 Å². The molecule has 1 aromatic heterocycles. The Morgan fingerprint density at radius 1 is 1.36 bits per heavy atom. The van der Waals surface area contributed by atoms with E-state index in [4.69, 9.17) is 4.74 Å². The molecule has 1 aromatic carbocycles. The molecule has 2 rings (SSSR count). The topological polar surface area (TPSA) is 73.2 Å². The van der Waals surface area contributed by atoms with Gasteiger partial charge in [0.05, 0.1) is 11.8 Å². The van der Waals surface area contributed by atoms with Crippen LogP contribution in [-0.2, 0) is 13.6 Å². The van der Waals surface area contributed by atoms with Gasteiger partial charge in [-0.1, -0.05) is 6.07 Å². The summed E-state index contributed by atoms with van der Waals surface area (Å²) in [6.07, 6.45) is -0.130. The van der Waals surface area contributed by atoms with E-state index in [0.717, 1.165) is 4.68 Å². The molecule has 0 radical (unpaired) electrons. The molecule has 25 heavy (non-hydrogen) atoms. The van der Waals surface area contributed by atoms with Crippen LogP contribution < -0.4 is 15.6 Å². The second-order valence-corrected chi connectivity index (χ2v) is 6.13. The highest BCUT2D eigenvalue weighted by molar-refractivity contribution is 5.95. The molecular weight excluding hydrogens is 325 g/mol. The van der Waals surface area contributed by atoms with E-state index in [1.807, 2.05) is 13.8 Å². The number of halogens is 1. The molecule has 0 atom stereocenters. The van der Waals surface area contributed by atoms with E-state index < -0.39 is 17.3 Å². The van der Waals surface area contributed by atoms with Gasteiger partial charge in [0.1, 0.15) is 5.56 Å². The fourth-order valence-corrected chi connectivity index (χ4v) is 2.39. The number of ether oxygens (including phenoxy) is 1. The van der Waals surface area contributed by atoms with Gasteiger partial charge < -0.3 is 10.1 Å². The van der Waals surface area contributed by atoms with E-state index in [1.165, 1.54) is 19.2 Å². The zero-order valence-electron chi connectivity index (χ0n) is 15.0. The first-order valence-corrected chi connectivity index (χ1v) is 7.98. The summed E-state index contributed by atoms with van der Waals surface area (Å²) in [4.78, 5) is 24.5. The van der Waals surface area contributed by atoms with Crippen molar-refractivity contribution >= 4 is 5.91 Å². The van der Waals surface area contributed by atoms with Crippen LogP contribution in [0.15, 0.2) is 23.0 Å². The summed E-state index contributed by atoms with van der Waals surface area (Å²) in [5.41, 5.74) is 1.30. The van der Waals surface area contributed by atoms with Gasteiger partial charge in [0, 0.05) is 13.6 Å². The molecule has 0 fully saturated rings. The van der Waals surface area contributed by atoms with E-state index in [9.17, 15) is 14.0 Å². The molecule has 0 unspecified atom stereocenters. The molecule has 0 aliphatic heterocycles. The summed E-state index contributed by atoms with van der Waals surface area (Å²) in [5, 5.41) is 6.69. The maximum Gasteiger partial charge on any atom is 0.279 e. The minimum Gasteiger partial charge on any atom is -0.488 e. The fourth-order valence-electron chi connectivity index (χ4n) is 2.39. The summed E-state index contributed by atoms with van der Waals surface area (Å²) >= 11 is 0. The van der Waals surface area contributed by atoms with Crippen LogP contribution in [0.3, 0.4) is 0 Å². The second kappa shape index (κ2) is 7.46. The molecule has 1 heterocycles. The maximum atomic E-state index is 14.0. The molecule has 0 saturated heterocycles. The molecule has 0 aliphatic rings. The average molecular weight is 347 g/mol. The van der Waals surface area contributed by atoms with Gasteiger partial charge in [-0.25, -0.2) is 9.07 Å². The Labute approximate surface area is 145 Å². The monoisotopic (exact) mass is 347 g/mol. The van der Waals surface area contributed by atoms with Crippen molar-refractivity contribution in [2.45, 2.75) is 40.3 Å². The lowest BCUT2D eigenvalue weighted by atomic mass is 10.1. The number of hydrogen-bond acceptors (Lipinski definition) is 4. The van der Waals surface area contributed by atoms with Gasteiger partial charge in [0.25, 0.3) is 11.5 Å². The van der Waals surface area contributed by atoms with Crippen LogP contribution in [0.2, 0.25) is 0 Å². The number of aromatic nitrogens is 2. The molecule has 2 aromatic rings. The lowest BCUT2D eigenvalue weighted by Gasteiger charge is -2.12. The molecule has 0 bridgehead atoms. The van der Waals surface area contributed by atoms with Crippen molar-refractivity contribution in [2.24, 2.45) is 7.05 Å². The van der Waals surface area contributed by atoms with Gasteiger partial charge in [0.15, 0.2) is 11.6 Å². The highest BCUT2D eigenvalue weighted by Crippen LogP contribution is 2.19. The molecular formula is C18H22FN3O3. The van der Waals surface area contributed by atoms with Crippen LogP contribution in [0.5, 0.6) is 5.75 Å². The van der Waals surface area contributed by atoms with Crippen molar-refractivity contribution in [1.29, 1.82) is 0 Å². The van der Waals surface area contributed by atoms with Gasteiger partial charge in [0.2, 0.25) is 0 Å². The fraction of sp³-hybridized carbons (Fsp3) is 0.389. The van der Waals surface area contributed by atoms with Crippen molar-refractivity contribution in [2.75, 3.05) is 0 Å². The predicted molar refractivity (Wildman–Crippen MR) is 92.3 cm³/mol. The number of carbonyl (C=O) groups excluding carboxylic acids is 1. The number of amides is 1. The summed E-state index contributed by atoms with van der Waals surface area (Å²) in [7, 11) is 1.49. The van der Waals surface area contributed by atoms with Crippen LogP contribution in [0.1, 0.15) is 41.0 Å². The zero-order chi connectivity index (χ0) is 18.7. The van der Waals surface area contributed by atoms with Crippen molar-refractivity contribution < 1.29 is 13.9 Å². The first kappa shape index (κ1) is 18.6. The number of hydrogen-bond donors (Lipinski definition) is 1. The first-order chi connectivity index (χ1) is 11.7. The maximum absolute atomic E-state index is 14.0. The number of aryl methyl sites for hydroxylation is 2. The number of rotatable bonds is 5. The number of carbonyl (C=O) groups is 1. The third kappa shape index (κ3) is 4.23. The third-order valence-electron chi connectivity index (χ3n) is 3.76. The molecule has 1 N–H and O–H groups in total. The quantitative estimate of drug-likeness (QED) is 0.900. The Hall–Kier alpha value is -2.70. The number of benzene rings is 1. The van der Waals surface area contributed by atoms with Crippen molar-refractivity contribution in [3.05, 3.63) is 56.8 Å². The van der Waals surface area contributed by atoms with E-state index in [-0.39, 0.29) is 24.0 Å². The van der Waals surface area contributed by atoms with Crippen molar-refractivity contribution in [3.63, 3.8) is 0 Å². The van der Waals surface area contributed by atoms with Gasteiger partial charge in [-0.05, 0) is 51.0 Å². The lowest BCUT2D eigenvalue weighted by molar-refractivity contribution is 0.0947. The normalized spacial score (nSPS) is 10.8. The smallest absolute Gasteiger partial charge is 0.279 e. The Balaban J connectivity index is 2.16. The molecule has 1 amide bonds. The van der Waals surface area contributed by atoms with Gasteiger partial charge in [-0.3, -0.25) is 9.59 Å². The minimum atomic E-state index is -0.508. The van der Waals surface area contributed by atoms with Gasteiger partial charge in [-0.2, -0.15) is 5.10 Å². The Kier molecular flexibility index (Phi) is 5.56. The summed E-state index contributed by atoms with van der Waals surface area (Å²) in [6, 6.07) is 4.50. The standard InChI is InChI=1S/C18H22FN3O3/c1-10(2)25-15-7-6-13(8-14(15)19)9-20-17(23)16-11(3)12(4)21-22(5)18(16)24/h6-8,10H,9H2,1-5H3,(H,20,23). The number of nitrogens with zero attached hydrogens (tertiary/aromatic N) is 2. The van der Waals surface area contributed by atoms with E-state index >= 15 is 0 Å². The average Bonchev–Trinajstić information content (AvgIpc) is 2.53. The summed E-state index contributed by atoms with van der Waals surface area (Å²) < 4.78 is 20.5. The summed E-state index contributed by atoms with van der Waals surface area (Å²) in [5.74, 6) is -0.835. The Morgan fingerprint density at radius 3 is 2.64 bits per heavy atom. The first-order valence-electron chi connectivity index (χ1n) is 7.98. The highest BCUT2D eigenvalue weighted by Gasteiger charge is 2.17. The molecule has 0 aliphatic carbocycles. The Morgan fingerprint density at radius 2 is 2.04 bits per heavy atom. The van der Waals surface area contributed by atoms with Crippen LogP contribution >= 0.6 is 0 Å². The van der Waals surface area contributed by atoms with Crippen molar-refractivity contribution in [3.8, 4) is 5.75 Å². The van der Waals surface area contributed by atoms with E-state index in [1.54, 1.807) is 19.9 Å². The Bertz CT molecular complexity index is 859. The molecule has 134 valence electrons. The van der Waals surface area contributed by atoms with Gasteiger partial charge >= 0.3 is 0 Å². The molecule has 0 spiro atoms. The van der Waals surface area contributed by atoms with Crippen LogP contribution in [0, 0.1) is 19.7 Å². The zero-order valence-corrected chi connectivity index (χ0v) is 15.0. The predicted octanol–water partition coefficient (Wildman–Crippen LogP) is 2.25. The highest BCUT2D eigenvalue weighted by atomic mass is 19.1. The molecule has 0 saturated carbocycles. The van der Waals surface area contributed by atoms with Crippen molar-refractivity contribution in [1.82, 2.24) is 15.1 Å². The molecule has 7 heteroatoms. The summed E-state index contributed by atoms with van der Waals surface area (Å²) in [6.45, 7) is 7.13. The lowest BCUT2D eigenvalue weighted by Crippen LogP contribution is -2.34. The van der Waals surface area contributed by atoms with Gasteiger partial charge in [-0.15, -0.1) is 0 Å². The largest absolute Gasteiger partial charge is 0.488 e.